The summed E-state index contributed by atoms with van der Waals surface area (Å²) in [5.41, 5.74) is 6.11. The molecule has 0 aliphatic carbocycles. The van der Waals surface area contributed by atoms with Crippen LogP contribution in [0.4, 0.5) is 5.82 Å². The Labute approximate surface area is 88.9 Å². The Balaban J connectivity index is 3.17. The van der Waals surface area contributed by atoms with Gasteiger partial charge < -0.3 is 5.73 Å². The predicted molar refractivity (Wildman–Crippen MR) is 56.5 cm³/mol. The molecule has 7 heteroatoms. The Morgan fingerprint density at radius 3 is 2.80 bits per heavy atom. The van der Waals surface area contributed by atoms with Gasteiger partial charge in [0.2, 0.25) is 0 Å². The highest BCUT2D eigenvalue weighted by atomic mass is 32.2. The molecule has 0 radical (unpaired) electrons. The van der Waals surface area contributed by atoms with Gasteiger partial charge >= 0.3 is 10.3 Å². The second-order valence-electron chi connectivity index (χ2n) is 2.78. The van der Waals surface area contributed by atoms with Gasteiger partial charge in [-0.1, -0.05) is 6.07 Å². The van der Waals surface area contributed by atoms with Crippen molar-refractivity contribution in [3.63, 3.8) is 0 Å². The van der Waals surface area contributed by atoms with Crippen LogP contribution in [0.3, 0.4) is 0 Å². The molecule has 0 fully saturated rings. The standard InChI is InChI=1S/C8H13N3O3S/c1-11(15(12,13)14-2)8-7(6-9)4-3-5-10-8/h3-5H,6,9H2,1-2H3. The molecule has 0 aliphatic heterocycles. The first-order chi connectivity index (χ1) is 7.03. The first-order valence-corrected chi connectivity index (χ1v) is 5.58. The molecule has 0 atom stereocenters. The number of aromatic nitrogens is 1. The Hall–Kier alpha value is -1.18. The first kappa shape index (κ1) is 11.9. The summed E-state index contributed by atoms with van der Waals surface area (Å²) in [7, 11) is -1.31. The van der Waals surface area contributed by atoms with Gasteiger partial charge in [0.15, 0.2) is 0 Å². The molecule has 84 valence electrons. The minimum atomic E-state index is -3.77. The monoisotopic (exact) mass is 231 g/mol. The van der Waals surface area contributed by atoms with Crippen LogP contribution >= 0.6 is 0 Å². The summed E-state index contributed by atoms with van der Waals surface area (Å²) in [5.74, 6) is 0.279. The molecule has 2 N–H and O–H groups in total. The van der Waals surface area contributed by atoms with E-state index in [0.717, 1.165) is 11.4 Å². The third-order valence-corrected chi connectivity index (χ3v) is 3.20. The Morgan fingerprint density at radius 2 is 2.27 bits per heavy atom. The number of hydrogen-bond donors (Lipinski definition) is 1. The fraction of sp³-hybridized carbons (Fsp3) is 0.375. The Morgan fingerprint density at radius 1 is 1.60 bits per heavy atom. The van der Waals surface area contributed by atoms with E-state index in [1.807, 2.05) is 0 Å². The largest absolute Gasteiger partial charge is 0.363 e. The number of rotatable bonds is 4. The maximum Gasteiger partial charge on any atom is 0.363 e. The van der Waals surface area contributed by atoms with E-state index >= 15 is 0 Å². The van der Waals surface area contributed by atoms with E-state index in [2.05, 4.69) is 9.17 Å². The van der Waals surface area contributed by atoms with Crippen molar-refractivity contribution >= 4 is 16.1 Å². The van der Waals surface area contributed by atoms with E-state index < -0.39 is 10.3 Å². The summed E-state index contributed by atoms with van der Waals surface area (Å²) in [4.78, 5) is 3.95. The third kappa shape index (κ3) is 2.44. The lowest BCUT2D eigenvalue weighted by atomic mass is 10.2. The van der Waals surface area contributed by atoms with Crippen LogP contribution in [0.25, 0.3) is 0 Å². The van der Waals surface area contributed by atoms with Gasteiger partial charge in [-0.2, -0.15) is 8.42 Å². The number of pyridine rings is 1. The van der Waals surface area contributed by atoms with Crippen LogP contribution in [0.15, 0.2) is 18.3 Å². The molecule has 1 rings (SSSR count). The summed E-state index contributed by atoms with van der Waals surface area (Å²) >= 11 is 0. The van der Waals surface area contributed by atoms with Crippen molar-refractivity contribution in [3.05, 3.63) is 23.9 Å². The highest BCUT2D eigenvalue weighted by Crippen LogP contribution is 2.18. The van der Waals surface area contributed by atoms with Crippen molar-refractivity contribution in [1.82, 2.24) is 4.98 Å². The molecule has 15 heavy (non-hydrogen) atoms. The topological polar surface area (TPSA) is 85.5 Å². The summed E-state index contributed by atoms with van der Waals surface area (Å²) in [6.07, 6.45) is 1.50. The van der Waals surface area contributed by atoms with E-state index in [0.29, 0.717) is 5.56 Å². The van der Waals surface area contributed by atoms with Crippen molar-refractivity contribution in [3.8, 4) is 0 Å². The summed E-state index contributed by atoms with van der Waals surface area (Å²) < 4.78 is 28.1. The molecule has 0 saturated carbocycles. The molecular weight excluding hydrogens is 218 g/mol. The fourth-order valence-corrected chi connectivity index (χ4v) is 1.69. The molecule has 0 saturated heterocycles. The van der Waals surface area contributed by atoms with Crippen LogP contribution in [0, 0.1) is 0 Å². The van der Waals surface area contributed by atoms with E-state index in [9.17, 15) is 8.42 Å². The lowest BCUT2D eigenvalue weighted by Crippen LogP contribution is -2.29. The molecule has 1 heterocycles. The summed E-state index contributed by atoms with van der Waals surface area (Å²) in [5, 5.41) is 0. The molecule has 0 aliphatic rings. The lowest BCUT2D eigenvalue weighted by Gasteiger charge is -2.18. The number of nitrogens with two attached hydrogens (primary N) is 1. The van der Waals surface area contributed by atoms with Gasteiger partial charge in [-0.3, -0.25) is 4.18 Å². The van der Waals surface area contributed by atoms with Crippen molar-refractivity contribution in [1.29, 1.82) is 0 Å². The van der Waals surface area contributed by atoms with E-state index in [-0.39, 0.29) is 12.4 Å². The van der Waals surface area contributed by atoms with Crippen molar-refractivity contribution in [2.45, 2.75) is 6.54 Å². The van der Waals surface area contributed by atoms with Gasteiger partial charge in [0.05, 0.1) is 7.11 Å². The van der Waals surface area contributed by atoms with Gasteiger partial charge in [-0.05, 0) is 6.07 Å². The van der Waals surface area contributed by atoms with E-state index in [1.165, 1.54) is 13.2 Å². The molecule has 0 bridgehead atoms. The molecule has 0 spiro atoms. The maximum absolute atomic E-state index is 11.4. The molecule has 6 nitrogen and oxygen atoms in total. The highest BCUT2D eigenvalue weighted by molar-refractivity contribution is 7.88. The zero-order valence-corrected chi connectivity index (χ0v) is 9.36. The summed E-state index contributed by atoms with van der Waals surface area (Å²) in [6.45, 7) is 0.215. The Bertz CT molecular complexity index is 433. The van der Waals surface area contributed by atoms with Crippen LogP contribution < -0.4 is 10.0 Å². The number of hydrogen-bond acceptors (Lipinski definition) is 5. The zero-order chi connectivity index (χ0) is 11.5. The fourth-order valence-electron chi connectivity index (χ4n) is 1.09. The van der Waals surface area contributed by atoms with Gasteiger partial charge in [-0.15, -0.1) is 0 Å². The zero-order valence-electron chi connectivity index (χ0n) is 8.54. The second-order valence-corrected chi connectivity index (χ2v) is 4.52. The average molecular weight is 231 g/mol. The minimum absolute atomic E-state index is 0.215. The van der Waals surface area contributed by atoms with Crippen LogP contribution in [0.1, 0.15) is 5.56 Å². The van der Waals surface area contributed by atoms with Gasteiger partial charge in [-0.25, -0.2) is 9.29 Å². The molecular formula is C8H13N3O3S. The molecule has 0 aromatic carbocycles. The van der Waals surface area contributed by atoms with Crippen molar-refractivity contribution in [2.75, 3.05) is 18.5 Å². The van der Waals surface area contributed by atoms with Gasteiger partial charge in [0.25, 0.3) is 0 Å². The molecule has 1 aromatic heterocycles. The Kier molecular flexibility index (Phi) is 3.61. The quantitative estimate of drug-likeness (QED) is 0.780. The maximum atomic E-state index is 11.4. The SMILES string of the molecule is COS(=O)(=O)N(C)c1ncccc1CN. The van der Waals surface area contributed by atoms with Crippen molar-refractivity contribution in [2.24, 2.45) is 5.73 Å². The number of nitrogens with zero attached hydrogens (tertiary/aromatic N) is 2. The molecule has 0 unspecified atom stereocenters. The van der Waals surface area contributed by atoms with Crippen LogP contribution in [0.2, 0.25) is 0 Å². The van der Waals surface area contributed by atoms with Crippen LogP contribution in [0.5, 0.6) is 0 Å². The predicted octanol–water partition coefficient (Wildman–Crippen LogP) is -0.132. The van der Waals surface area contributed by atoms with Crippen molar-refractivity contribution < 1.29 is 12.6 Å². The average Bonchev–Trinajstić information content (AvgIpc) is 2.28. The lowest BCUT2D eigenvalue weighted by molar-refractivity contribution is 0.396. The van der Waals surface area contributed by atoms with Crippen LogP contribution in [-0.2, 0) is 21.0 Å². The normalized spacial score (nSPS) is 11.4. The number of anilines is 1. The second kappa shape index (κ2) is 4.56. The molecule has 0 amide bonds. The molecule has 1 aromatic rings. The van der Waals surface area contributed by atoms with Crippen LogP contribution in [-0.4, -0.2) is 27.6 Å². The minimum Gasteiger partial charge on any atom is -0.326 e. The van der Waals surface area contributed by atoms with E-state index in [4.69, 9.17) is 5.73 Å². The summed E-state index contributed by atoms with van der Waals surface area (Å²) in [6, 6.07) is 3.41. The first-order valence-electron chi connectivity index (χ1n) is 4.21. The third-order valence-electron chi connectivity index (χ3n) is 1.93. The highest BCUT2D eigenvalue weighted by Gasteiger charge is 2.20. The van der Waals surface area contributed by atoms with Gasteiger partial charge in [0, 0.05) is 25.4 Å². The smallest absolute Gasteiger partial charge is 0.326 e. The van der Waals surface area contributed by atoms with E-state index in [1.54, 1.807) is 12.1 Å². The van der Waals surface area contributed by atoms with Gasteiger partial charge in [0.1, 0.15) is 5.82 Å².